The molecule has 1 atom stereocenters. The second-order valence-corrected chi connectivity index (χ2v) is 7.41. The first-order valence-electron chi connectivity index (χ1n) is 8.49. The summed E-state index contributed by atoms with van der Waals surface area (Å²) in [5.41, 5.74) is 1.69. The molecule has 26 heavy (non-hydrogen) atoms. The highest BCUT2D eigenvalue weighted by molar-refractivity contribution is 7.99. The first kappa shape index (κ1) is 21.2. The standard InChI is InChI=1S/C17H22N4O2S.2ClH/c22-16(11-13-12-24-10-5-18-13)20-6-8-21(9-7-20)17-19-14-3-1-2-4-15(14)23-17;;/h1-4,13,18H,5-12H2;2*1H. The van der Waals surface area contributed by atoms with E-state index in [4.69, 9.17) is 4.42 Å². The molecule has 0 saturated carbocycles. The summed E-state index contributed by atoms with van der Waals surface area (Å²) >= 11 is 1.93. The Hall–Kier alpha value is -1.15. The first-order chi connectivity index (χ1) is 11.8. The van der Waals surface area contributed by atoms with Crippen LogP contribution >= 0.6 is 36.6 Å². The van der Waals surface area contributed by atoms with Crippen LogP contribution in [0.15, 0.2) is 28.7 Å². The summed E-state index contributed by atoms with van der Waals surface area (Å²) in [5.74, 6) is 2.44. The number of para-hydroxylation sites is 2. The smallest absolute Gasteiger partial charge is 0.298 e. The van der Waals surface area contributed by atoms with Crippen molar-refractivity contribution >= 4 is 59.6 Å². The molecular formula is C17H24Cl2N4O2S. The fraction of sp³-hybridized carbons (Fsp3) is 0.529. The van der Waals surface area contributed by atoms with Gasteiger partial charge in [0.15, 0.2) is 5.58 Å². The number of piperazine rings is 1. The van der Waals surface area contributed by atoms with Crippen LogP contribution in [0.2, 0.25) is 0 Å². The molecule has 2 fully saturated rings. The first-order valence-corrected chi connectivity index (χ1v) is 9.64. The van der Waals surface area contributed by atoms with Gasteiger partial charge >= 0.3 is 0 Å². The van der Waals surface area contributed by atoms with Gasteiger partial charge in [-0.25, -0.2) is 0 Å². The predicted molar refractivity (Wildman–Crippen MR) is 111 cm³/mol. The fourth-order valence-electron chi connectivity index (χ4n) is 3.23. The highest BCUT2D eigenvalue weighted by Crippen LogP contribution is 2.22. The maximum Gasteiger partial charge on any atom is 0.298 e. The van der Waals surface area contributed by atoms with E-state index in [-0.39, 0.29) is 30.7 Å². The van der Waals surface area contributed by atoms with Crippen LogP contribution in [0.3, 0.4) is 0 Å². The van der Waals surface area contributed by atoms with Crippen molar-refractivity contribution in [1.82, 2.24) is 15.2 Å². The van der Waals surface area contributed by atoms with Gasteiger partial charge in [-0.3, -0.25) is 4.79 Å². The second-order valence-electron chi connectivity index (χ2n) is 6.26. The number of carbonyl (C=O) groups excluding carboxylic acids is 1. The van der Waals surface area contributed by atoms with E-state index in [1.165, 1.54) is 0 Å². The van der Waals surface area contributed by atoms with Gasteiger partial charge in [0, 0.05) is 56.7 Å². The number of oxazole rings is 1. The van der Waals surface area contributed by atoms with Crippen molar-refractivity contribution in [1.29, 1.82) is 0 Å². The Morgan fingerprint density at radius 3 is 2.69 bits per heavy atom. The number of carbonyl (C=O) groups is 1. The summed E-state index contributed by atoms with van der Waals surface area (Å²) in [6, 6.07) is 8.78. The average molecular weight is 419 g/mol. The van der Waals surface area contributed by atoms with Gasteiger partial charge in [0.05, 0.1) is 0 Å². The molecule has 2 aliphatic heterocycles. The predicted octanol–water partition coefficient (Wildman–Crippen LogP) is 2.42. The lowest BCUT2D eigenvalue weighted by Gasteiger charge is -2.35. The molecule has 144 valence electrons. The van der Waals surface area contributed by atoms with E-state index in [0.717, 1.165) is 55.3 Å². The Morgan fingerprint density at radius 1 is 1.23 bits per heavy atom. The number of thioether (sulfide) groups is 1. The van der Waals surface area contributed by atoms with Crippen molar-refractivity contribution in [2.45, 2.75) is 12.5 Å². The molecule has 2 saturated heterocycles. The number of nitrogens with one attached hydrogen (secondary N) is 1. The van der Waals surface area contributed by atoms with E-state index in [2.05, 4.69) is 15.2 Å². The third kappa shape index (κ3) is 4.76. The zero-order valence-electron chi connectivity index (χ0n) is 14.4. The van der Waals surface area contributed by atoms with Gasteiger partial charge in [-0.15, -0.1) is 24.8 Å². The number of anilines is 1. The number of halogens is 2. The number of hydrogen-bond donors (Lipinski definition) is 1. The molecular weight excluding hydrogens is 395 g/mol. The summed E-state index contributed by atoms with van der Waals surface area (Å²) in [6.07, 6.45) is 0.607. The quantitative estimate of drug-likeness (QED) is 0.825. The largest absolute Gasteiger partial charge is 0.423 e. The van der Waals surface area contributed by atoms with E-state index < -0.39 is 0 Å². The molecule has 1 unspecified atom stereocenters. The Kier molecular flexibility index (Phi) is 7.88. The Bertz CT molecular complexity index is 683. The highest BCUT2D eigenvalue weighted by Gasteiger charge is 2.26. The lowest BCUT2D eigenvalue weighted by molar-refractivity contribution is -0.131. The lowest BCUT2D eigenvalue weighted by atomic mass is 10.2. The summed E-state index contributed by atoms with van der Waals surface area (Å²) in [4.78, 5) is 21.1. The molecule has 0 bridgehead atoms. The van der Waals surface area contributed by atoms with E-state index in [9.17, 15) is 4.79 Å². The van der Waals surface area contributed by atoms with E-state index in [1.54, 1.807) is 0 Å². The molecule has 1 N–H and O–H groups in total. The van der Waals surface area contributed by atoms with Crippen LogP contribution in [0, 0.1) is 0 Å². The van der Waals surface area contributed by atoms with Crippen LogP contribution in [-0.4, -0.2) is 66.1 Å². The van der Waals surface area contributed by atoms with Gasteiger partial charge in [-0.1, -0.05) is 12.1 Å². The van der Waals surface area contributed by atoms with Gasteiger partial charge in [0.25, 0.3) is 6.01 Å². The van der Waals surface area contributed by atoms with Crippen molar-refractivity contribution in [3.63, 3.8) is 0 Å². The number of aromatic nitrogens is 1. The van der Waals surface area contributed by atoms with Gasteiger partial charge in [-0.05, 0) is 12.1 Å². The van der Waals surface area contributed by atoms with E-state index in [1.807, 2.05) is 40.9 Å². The molecule has 2 aromatic rings. The van der Waals surface area contributed by atoms with Gasteiger partial charge in [0.2, 0.25) is 5.91 Å². The normalized spacial score (nSPS) is 20.4. The molecule has 0 spiro atoms. The van der Waals surface area contributed by atoms with Crippen molar-refractivity contribution in [3.05, 3.63) is 24.3 Å². The molecule has 1 amide bonds. The lowest BCUT2D eigenvalue weighted by Crippen LogP contribution is -2.50. The molecule has 4 rings (SSSR count). The van der Waals surface area contributed by atoms with E-state index in [0.29, 0.717) is 18.5 Å². The maximum atomic E-state index is 12.5. The Labute approximate surface area is 169 Å². The molecule has 0 radical (unpaired) electrons. The van der Waals surface area contributed by atoms with Crippen LogP contribution in [0.4, 0.5) is 6.01 Å². The minimum atomic E-state index is 0. The van der Waals surface area contributed by atoms with Gasteiger partial charge < -0.3 is 19.5 Å². The third-order valence-electron chi connectivity index (χ3n) is 4.60. The molecule has 1 aromatic heterocycles. The summed E-state index contributed by atoms with van der Waals surface area (Å²) < 4.78 is 5.82. The molecule has 6 nitrogen and oxygen atoms in total. The van der Waals surface area contributed by atoms with Crippen molar-refractivity contribution in [2.24, 2.45) is 0 Å². The summed E-state index contributed by atoms with van der Waals surface area (Å²) in [7, 11) is 0. The monoisotopic (exact) mass is 418 g/mol. The SMILES string of the molecule is Cl.Cl.O=C(CC1CSCCN1)N1CCN(c2nc3ccccc3o2)CC1. The number of rotatable bonds is 3. The topological polar surface area (TPSA) is 61.6 Å². The van der Waals surface area contributed by atoms with Crippen LogP contribution < -0.4 is 10.2 Å². The molecule has 2 aliphatic rings. The summed E-state index contributed by atoms with van der Waals surface area (Å²) in [5, 5.41) is 3.43. The molecule has 3 heterocycles. The molecule has 9 heteroatoms. The number of nitrogens with zero attached hydrogens (tertiary/aromatic N) is 3. The van der Waals surface area contributed by atoms with Crippen LogP contribution in [-0.2, 0) is 4.79 Å². The number of fused-ring (bicyclic) bond motifs is 1. The Balaban J connectivity index is 0.00000121. The minimum Gasteiger partial charge on any atom is -0.423 e. The van der Waals surface area contributed by atoms with Gasteiger partial charge in [0.1, 0.15) is 5.52 Å². The number of hydrogen-bond acceptors (Lipinski definition) is 6. The van der Waals surface area contributed by atoms with Crippen molar-refractivity contribution < 1.29 is 9.21 Å². The van der Waals surface area contributed by atoms with Crippen molar-refractivity contribution in [2.75, 3.05) is 49.1 Å². The van der Waals surface area contributed by atoms with Crippen molar-refractivity contribution in [3.8, 4) is 0 Å². The second kappa shape index (κ2) is 9.69. The average Bonchev–Trinajstić information content (AvgIpc) is 3.07. The number of benzene rings is 1. The number of amides is 1. The van der Waals surface area contributed by atoms with Crippen LogP contribution in [0.1, 0.15) is 6.42 Å². The highest BCUT2D eigenvalue weighted by atomic mass is 35.5. The maximum absolute atomic E-state index is 12.5. The summed E-state index contributed by atoms with van der Waals surface area (Å²) in [6.45, 7) is 4.01. The minimum absolute atomic E-state index is 0. The van der Waals surface area contributed by atoms with Crippen LogP contribution in [0.25, 0.3) is 11.1 Å². The molecule has 1 aromatic carbocycles. The zero-order chi connectivity index (χ0) is 16.4. The Morgan fingerprint density at radius 2 is 2.00 bits per heavy atom. The zero-order valence-corrected chi connectivity index (χ0v) is 16.9. The van der Waals surface area contributed by atoms with Gasteiger partial charge in [-0.2, -0.15) is 16.7 Å². The molecule has 0 aliphatic carbocycles. The fourth-order valence-corrected chi connectivity index (χ4v) is 4.18. The van der Waals surface area contributed by atoms with E-state index >= 15 is 0 Å². The van der Waals surface area contributed by atoms with Crippen LogP contribution in [0.5, 0.6) is 0 Å². The third-order valence-corrected chi connectivity index (χ3v) is 5.74.